The molecule has 1 heterocycles. The molecular weight excluding hydrogens is 411 g/mol. The van der Waals surface area contributed by atoms with Gasteiger partial charge in [-0.25, -0.2) is 0 Å². The van der Waals surface area contributed by atoms with Gasteiger partial charge in [0.1, 0.15) is 19.0 Å². The normalized spacial score (nSPS) is 26.6. The minimum absolute atomic E-state index is 0.200. The van der Waals surface area contributed by atoms with E-state index in [1.165, 1.54) is 57.8 Å². The van der Waals surface area contributed by atoms with E-state index in [9.17, 15) is 0 Å². The summed E-state index contributed by atoms with van der Waals surface area (Å²) in [5.41, 5.74) is 12.1. The average molecular weight is 438 g/mol. The fourth-order valence-electron chi connectivity index (χ4n) is 8.16. The van der Waals surface area contributed by atoms with Crippen LogP contribution in [0.15, 0.2) is 83.3 Å². The quantitative estimate of drug-likeness (QED) is 0.261. The standard InChI is InChI=1S/C32H27BO/c1-18-20-10-14-26(18)32(17-20)27-7-3-2-5-25(27)31-22(6-4-8-28(31)32)19-9-12-23-24-13-11-21(33)16-30(24)34-29(23)15-19/h2-9,11-13,15-16,18,20,26H,10,14,17,33H2,1H3/t18-,20?,26?,32?/m0/s1. The van der Waals surface area contributed by atoms with Crippen molar-refractivity contribution in [2.75, 3.05) is 0 Å². The topological polar surface area (TPSA) is 13.1 Å². The van der Waals surface area contributed by atoms with Gasteiger partial charge in [0, 0.05) is 16.2 Å². The Bertz CT molecular complexity index is 1640. The molecule has 3 unspecified atom stereocenters. The van der Waals surface area contributed by atoms with Crippen molar-refractivity contribution in [1.82, 2.24) is 0 Å². The zero-order chi connectivity index (χ0) is 22.6. The van der Waals surface area contributed by atoms with Crippen LogP contribution in [0.25, 0.3) is 44.2 Å². The molecule has 164 valence electrons. The van der Waals surface area contributed by atoms with Crippen LogP contribution in [0, 0.1) is 17.8 Å². The van der Waals surface area contributed by atoms with Gasteiger partial charge in [-0.1, -0.05) is 73.1 Å². The monoisotopic (exact) mass is 438 g/mol. The fraction of sp³-hybridized carbons (Fsp3) is 0.250. The van der Waals surface area contributed by atoms with Gasteiger partial charge in [-0.3, -0.25) is 0 Å². The van der Waals surface area contributed by atoms with Crippen molar-refractivity contribution in [1.29, 1.82) is 0 Å². The Balaban J connectivity index is 1.38. The lowest BCUT2D eigenvalue weighted by atomic mass is 9.66. The third-order valence-electron chi connectivity index (χ3n) is 9.61. The molecule has 8 rings (SSSR count). The predicted molar refractivity (Wildman–Crippen MR) is 144 cm³/mol. The first kappa shape index (κ1) is 19.1. The van der Waals surface area contributed by atoms with E-state index in [0.717, 1.165) is 28.9 Å². The Labute approximate surface area is 201 Å². The van der Waals surface area contributed by atoms with Crippen LogP contribution in [0.2, 0.25) is 0 Å². The molecule has 2 fully saturated rings. The van der Waals surface area contributed by atoms with Crippen molar-refractivity contribution >= 4 is 35.2 Å². The molecule has 3 aliphatic rings. The van der Waals surface area contributed by atoms with Gasteiger partial charge in [0.05, 0.1) is 0 Å². The van der Waals surface area contributed by atoms with Gasteiger partial charge >= 0.3 is 0 Å². The summed E-state index contributed by atoms with van der Waals surface area (Å²) in [6, 6.07) is 29.6. The third-order valence-corrected chi connectivity index (χ3v) is 9.61. The van der Waals surface area contributed by atoms with Crippen molar-refractivity contribution < 1.29 is 4.42 Å². The summed E-state index contributed by atoms with van der Waals surface area (Å²) in [5.74, 6) is 2.44. The molecule has 1 aromatic heterocycles. The Morgan fingerprint density at radius 3 is 2.38 bits per heavy atom. The second kappa shape index (κ2) is 6.45. The van der Waals surface area contributed by atoms with Gasteiger partial charge in [-0.05, 0) is 88.6 Å². The lowest BCUT2D eigenvalue weighted by Crippen LogP contribution is -2.32. The summed E-state index contributed by atoms with van der Waals surface area (Å²) in [6.45, 7) is 2.51. The van der Waals surface area contributed by atoms with E-state index >= 15 is 0 Å². The minimum atomic E-state index is 0.200. The van der Waals surface area contributed by atoms with Gasteiger partial charge < -0.3 is 4.42 Å². The largest absolute Gasteiger partial charge is 0.456 e. The molecule has 0 amide bonds. The number of fused-ring (bicyclic) bond motifs is 11. The van der Waals surface area contributed by atoms with Crippen molar-refractivity contribution in [2.24, 2.45) is 17.8 Å². The molecule has 2 heteroatoms. The highest BCUT2D eigenvalue weighted by Crippen LogP contribution is 2.68. The molecule has 0 radical (unpaired) electrons. The minimum Gasteiger partial charge on any atom is -0.456 e. The van der Waals surface area contributed by atoms with Crippen LogP contribution in [-0.2, 0) is 5.41 Å². The number of hydrogen-bond acceptors (Lipinski definition) is 1. The van der Waals surface area contributed by atoms with Crippen LogP contribution in [0.3, 0.4) is 0 Å². The molecule has 0 aliphatic heterocycles. The zero-order valence-corrected chi connectivity index (χ0v) is 19.8. The second-order valence-corrected chi connectivity index (χ2v) is 11.1. The number of benzene rings is 4. The molecule has 2 bridgehead atoms. The molecule has 0 saturated heterocycles. The summed E-state index contributed by atoms with van der Waals surface area (Å²) >= 11 is 0. The highest BCUT2D eigenvalue weighted by atomic mass is 16.3. The van der Waals surface area contributed by atoms with Crippen LogP contribution in [0.1, 0.15) is 37.3 Å². The summed E-state index contributed by atoms with van der Waals surface area (Å²) in [6.07, 6.45) is 4.09. The molecule has 4 atom stereocenters. The Hall–Kier alpha value is -3.26. The number of rotatable bonds is 1. The molecule has 1 nitrogen and oxygen atoms in total. The van der Waals surface area contributed by atoms with Crippen molar-refractivity contribution in [2.45, 2.75) is 31.6 Å². The van der Waals surface area contributed by atoms with E-state index in [2.05, 4.69) is 93.6 Å². The van der Waals surface area contributed by atoms with E-state index in [-0.39, 0.29) is 5.41 Å². The first-order chi connectivity index (χ1) is 16.6. The summed E-state index contributed by atoms with van der Waals surface area (Å²) in [5, 5.41) is 2.40. The average Bonchev–Trinajstić information content (AvgIpc) is 3.57. The molecule has 3 aliphatic carbocycles. The smallest absolute Gasteiger partial charge is 0.139 e. The molecule has 1 spiro atoms. The predicted octanol–water partition coefficient (Wildman–Crippen LogP) is 6.84. The maximum Gasteiger partial charge on any atom is 0.139 e. The van der Waals surface area contributed by atoms with E-state index < -0.39 is 0 Å². The van der Waals surface area contributed by atoms with Crippen LogP contribution in [0.4, 0.5) is 0 Å². The van der Waals surface area contributed by atoms with E-state index in [1.54, 1.807) is 11.1 Å². The maximum absolute atomic E-state index is 6.33. The SMILES string of the molecule is Bc1ccc2c(c1)oc1cc(-c3cccc4c3-c3ccccc3C43CC4CCC3[C@H]4C)ccc12. The Morgan fingerprint density at radius 1 is 0.794 bits per heavy atom. The van der Waals surface area contributed by atoms with Gasteiger partial charge in [0.15, 0.2) is 0 Å². The number of furan rings is 1. The van der Waals surface area contributed by atoms with Crippen LogP contribution < -0.4 is 5.46 Å². The summed E-state index contributed by atoms with van der Waals surface area (Å²) in [4.78, 5) is 0. The van der Waals surface area contributed by atoms with Gasteiger partial charge in [-0.2, -0.15) is 0 Å². The van der Waals surface area contributed by atoms with Crippen LogP contribution in [0.5, 0.6) is 0 Å². The lowest BCUT2D eigenvalue weighted by molar-refractivity contribution is 0.316. The van der Waals surface area contributed by atoms with Crippen molar-refractivity contribution in [3.63, 3.8) is 0 Å². The fourth-order valence-corrected chi connectivity index (χ4v) is 8.16. The zero-order valence-electron chi connectivity index (χ0n) is 19.8. The Kier molecular flexibility index (Phi) is 3.62. The summed E-state index contributed by atoms with van der Waals surface area (Å²) in [7, 11) is 2.12. The maximum atomic E-state index is 6.33. The van der Waals surface area contributed by atoms with Crippen LogP contribution >= 0.6 is 0 Å². The highest BCUT2D eigenvalue weighted by Gasteiger charge is 2.60. The second-order valence-electron chi connectivity index (χ2n) is 11.1. The molecule has 2 saturated carbocycles. The third kappa shape index (κ3) is 2.22. The first-order valence-corrected chi connectivity index (χ1v) is 12.8. The molecule has 34 heavy (non-hydrogen) atoms. The van der Waals surface area contributed by atoms with E-state index in [1.807, 2.05) is 0 Å². The molecule has 0 N–H and O–H groups in total. The van der Waals surface area contributed by atoms with E-state index in [0.29, 0.717) is 0 Å². The van der Waals surface area contributed by atoms with E-state index in [4.69, 9.17) is 4.42 Å². The van der Waals surface area contributed by atoms with Gasteiger partial charge in [0.2, 0.25) is 0 Å². The first-order valence-electron chi connectivity index (χ1n) is 12.8. The van der Waals surface area contributed by atoms with Crippen molar-refractivity contribution in [3.8, 4) is 22.3 Å². The van der Waals surface area contributed by atoms with Crippen LogP contribution in [-0.4, -0.2) is 7.85 Å². The molecule has 4 aromatic carbocycles. The summed E-state index contributed by atoms with van der Waals surface area (Å²) < 4.78 is 6.33. The Morgan fingerprint density at radius 2 is 1.56 bits per heavy atom. The highest BCUT2D eigenvalue weighted by molar-refractivity contribution is 6.33. The molecule has 5 aromatic rings. The van der Waals surface area contributed by atoms with Crippen molar-refractivity contribution in [3.05, 3.63) is 90.0 Å². The van der Waals surface area contributed by atoms with Gasteiger partial charge in [0.25, 0.3) is 0 Å². The lowest BCUT2D eigenvalue weighted by Gasteiger charge is -2.37. The van der Waals surface area contributed by atoms with Gasteiger partial charge in [-0.15, -0.1) is 0 Å². The molecular formula is C32H27BO. The number of hydrogen-bond donors (Lipinski definition) is 0.